The van der Waals surface area contributed by atoms with Crippen molar-refractivity contribution in [1.82, 2.24) is 10.2 Å². The van der Waals surface area contributed by atoms with Gasteiger partial charge in [-0.25, -0.2) is 4.79 Å². The van der Waals surface area contributed by atoms with Crippen molar-refractivity contribution in [1.29, 1.82) is 0 Å². The molecule has 3 aliphatic rings. The second-order valence-corrected chi connectivity index (χ2v) is 7.42. The van der Waals surface area contributed by atoms with E-state index in [-0.39, 0.29) is 5.97 Å². The molecule has 3 fully saturated rings. The summed E-state index contributed by atoms with van der Waals surface area (Å²) in [4.78, 5) is 14.2. The van der Waals surface area contributed by atoms with Crippen LogP contribution in [0.4, 0.5) is 5.69 Å². The van der Waals surface area contributed by atoms with E-state index >= 15 is 0 Å². The minimum absolute atomic E-state index is 0.348. The van der Waals surface area contributed by atoms with Crippen molar-refractivity contribution in [2.45, 2.75) is 32.2 Å². The average molecular weight is 362 g/mol. The highest BCUT2D eigenvalue weighted by molar-refractivity contribution is 7.80. The topological polar surface area (TPSA) is 53.6 Å². The van der Waals surface area contributed by atoms with Crippen LogP contribution < -0.4 is 10.6 Å². The van der Waals surface area contributed by atoms with Gasteiger partial charge in [0.05, 0.1) is 12.7 Å². The molecule has 1 aromatic rings. The van der Waals surface area contributed by atoms with E-state index < -0.39 is 0 Å². The molecule has 0 aromatic heterocycles. The van der Waals surface area contributed by atoms with E-state index in [0.717, 1.165) is 24.1 Å². The summed E-state index contributed by atoms with van der Waals surface area (Å²) in [5.41, 5.74) is 1.30. The van der Waals surface area contributed by atoms with Crippen molar-refractivity contribution in [3.63, 3.8) is 0 Å². The second kappa shape index (κ2) is 8.15. The number of fused-ring (bicyclic) bond motifs is 3. The molecule has 3 heterocycles. The zero-order valence-corrected chi connectivity index (χ0v) is 15.8. The number of piperidine rings is 3. The predicted molar refractivity (Wildman–Crippen MR) is 104 cm³/mol. The van der Waals surface area contributed by atoms with Gasteiger partial charge in [0.25, 0.3) is 0 Å². The van der Waals surface area contributed by atoms with Crippen LogP contribution in [-0.2, 0) is 4.74 Å². The number of rotatable bonds is 5. The Morgan fingerprint density at radius 2 is 2.28 bits per heavy atom. The molecule has 5 nitrogen and oxygen atoms in total. The summed E-state index contributed by atoms with van der Waals surface area (Å²) < 4.78 is 4.75. The van der Waals surface area contributed by atoms with Crippen molar-refractivity contribution in [3.05, 3.63) is 29.8 Å². The Labute approximate surface area is 155 Å². The average Bonchev–Trinajstić information content (AvgIpc) is 2.66. The molecule has 4 atom stereocenters. The Balaban J connectivity index is 1.50. The fourth-order valence-electron chi connectivity index (χ4n) is 4.15. The van der Waals surface area contributed by atoms with Gasteiger partial charge in [-0.15, -0.1) is 0 Å². The number of nitrogens with zero attached hydrogens (tertiary/aromatic N) is 1. The molecule has 1 aromatic carbocycles. The lowest BCUT2D eigenvalue weighted by atomic mass is 9.74. The number of hydrogen-bond donors (Lipinski definition) is 2. The van der Waals surface area contributed by atoms with Crippen LogP contribution in [0.1, 0.15) is 36.5 Å². The summed E-state index contributed by atoms with van der Waals surface area (Å²) in [7, 11) is 1.38. The van der Waals surface area contributed by atoms with E-state index in [1.165, 1.54) is 39.5 Å². The Morgan fingerprint density at radius 1 is 1.44 bits per heavy atom. The maximum atomic E-state index is 11.6. The molecule has 2 N–H and O–H groups in total. The van der Waals surface area contributed by atoms with Crippen molar-refractivity contribution in [3.8, 4) is 0 Å². The number of anilines is 1. The summed E-state index contributed by atoms with van der Waals surface area (Å²) in [5, 5.41) is 7.10. The molecule has 136 valence electrons. The highest BCUT2D eigenvalue weighted by atomic mass is 32.1. The molecule has 25 heavy (non-hydrogen) atoms. The first-order chi connectivity index (χ1) is 12.1. The molecule has 0 amide bonds. The van der Waals surface area contributed by atoms with E-state index in [2.05, 4.69) is 22.5 Å². The van der Waals surface area contributed by atoms with Gasteiger partial charge in [-0.3, -0.25) is 4.90 Å². The highest BCUT2D eigenvalue weighted by Gasteiger charge is 2.38. The van der Waals surface area contributed by atoms with Gasteiger partial charge in [0.2, 0.25) is 0 Å². The zero-order chi connectivity index (χ0) is 17.8. The van der Waals surface area contributed by atoms with E-state index in [1.54, 1.807) is 12.1 Å². The first kappa shape index (κ1) is 18.1. The normalized spacial score (nSPS) is 27.6. The van der Waals surface area contributed by atoms with Gasteiger partial charge < -0.3 is 15.4 Å². The third-order valence-electron chi connectivity index (χ3n) is 5.58. The number of thiocarbonyl (C=S) groups is 1. The van der Waals surface area contributed by atoms with Gasteiger partial charge >= 0.3 is 5.97 Å². The van der Waals surface area contributed by atoms with Crippen molar-refractivity contribution in [2.24, 2.45) is 11.8 Å². The third kappa shape index (κ3) is 4.30. The maximum Gasteiger partial charge on any atom is 0.337 e. The number of nitrogens with one attached hydrogen (secondary N) is 2. The van der Waals surface area contributed by atoms with Crippen molar-refractivity contribution >= 4 is 29.0 Å². The predicted octanol–water partition coefficient (Wildman–Crippen LogP) is 2.88. The van der Waals surface area contributed by atoms with Gasteiger partial charge in [0.1, 0.15) is 0 Å². The number of esters is 1. The fraction of sp³-hybridized carbons (Fsp3) is 0.579. The summed E-state index contributed by atoms with van der Waals surface area (Å²) in [6.45, 7) is 5.63. The van der Waals surface area contributed by atoms with Crippen LogP contribution in [0.3, 0.4) is 0 Å². The van der Waals surface area contributed by atoms with Crippen LogP contribution >= 0.6 is 12.2 Å². The molecular formula is C19H27N3O2S. The molecule has 0 saturated carbocycles. The Kier molecular flexibility index (Phi) is 5.91. The molecule has 0 aliphatic carbocycles. The molecule has 2 bridgehead atoms. The lowest BCUT2D eigenvalue weighted by Gasteiger charge is -2.50. The minimum Gasteiger partial charge on any atom is -0.465 e. The quantitative estimate of drug-likeness (QED) is 0.621. The lowest BCUT2D eigenvalue weighted by Crippen LogP contribution is -2.56. The van der Waals surface area contributed by atoms with Gasteiger partial charge in [0, 0.05) is 24.8 Å². The summed E-state index contributed by atoms with van der Waals surface area (Å²) in [5.74, 6) is 1.40. The molecule has 1 unspecified atom stereocenters. The molecule has 6 heteroatoms. The lowest BCUT2D eigenvalue weighted by molar-refractivity contribution is 0.00212. The van der Waals surface area contributed by atoms with E-state index in [0.29, 0.717) is 16.7 Å². The number of ether oxygens (including phenoxy) is 1. The summed E-state index contributed by atoms with van der Waals surface area (Å²) >= 11 is 5.42. The SMILES string of the molecule is CC[C@@H]1CN2CC[C@H]1C[C@@H]2CNC(=S)Nc1cccc(C(=O)OC)c1. The van der Waals surface area contributed by atoms with Crippen LogP contribution in [-0.4, -0.2) is 48.8 Å². The Bertz CT molecular complexity index is 637. The van der Waals surface area contributed by atoms with Gasteiger partial charge in [-0.05, 0) is 61.6 Å². The summed E-state index contributed by atoms with van der Waals surface area (Å²) in [6, 6.07) is 7.75. The van der Waals surface area contributed by atoms with Crippen molar-refractivity contribution < 1.29 is 9.53 Å². The molecule has 3 aliphatic heterocycles. The van der Waals surface area contributed by atoms with Gasteiger partial charge in [-0.2, -0.15) is 0 Å². The van der Waals surface area contributed by atoms with E-state index in [1.807, 2.05) is 12.1 Å². The third-order valence-corrected chi connectivity index (χ3v) is 5.82. The first-order valence-corrected chi connectivity index (χ1v) is 9.48. The highest BCUT2D eigenvalue weighted by Crippen LogP contribution is 2.37. The standard InChI is InChI=1S/C19H27N3O2S/c1-3-13-12-22-8-7-14(13)10-17(22)11-20-19(25)21-16-6-4-5-15(9-16)18(23)24-2/h4-6,9,13-14,17H,3,7-8,10-12H2,1-2H3,(H2,20,21,25)/t13-,14+,17-/m1/s1. The fourth-order valence-corrected chi connectivity index (χ4v) is 4.35. The minimum atomic E-state index is -0.348. The smallest absolute Gasteiger partial charge is 0.337 e. The monoisotopic (exact) mass is 361 g/mol. The van der Waals surface area contributed by atoms with Gasteiger partial charge in [-0.1, -0.05) is 19.4 Å². The van der Waals surface area contributed by atoms with E-state index in [4.69, 9.17) is 17.0 Å². The number of methoxy groups -OCH3 is 1. The number of carbonyl (C=O) groups is 1. The Hall–Kier alpha value is -1.66. The largest absolute Gasteiger partial charge is 0.465 e. The van der Waals surface area contributed by atoms with Crippen molar-refractivity contribution in [2.75, 3.05) is 32.1 Å². The summed E-state index contributed by atoms with van der Waals surface area (Å²) in [6.07, 6.45) is 3.90. The molecule has 3 saturated heterocycles. The van der Waals surface area contributed by atoms with Crippen LogP contribution in [0, 0.1) is 11.8 Å². The van der Waals surface area contributed by atoms with E-state index in [9.17, 15) is 4.79 Å². The van der Waals surface area contributed by atoms with Crippen LogP contribution in [0.25, 0.3) is 0 Å². The van der Waals surface area contributed by atoms with Crippen LogP contribution in [0.2, 0.25) is 0 Å². The molecule has 0 radical (unpaired) electrons. The second-order valence-electron chi connectivity index (χ2n) is 7.01. The van der Waals surface area contributed by atoms with Crippen LogP contribution in [0.15, 0.2) is 24.3 Å². The van der Waals surface area contributed by atoms with Crippen LogP contribution in [0.5, 0.6) is 0 Å². The Morgan fingerprint density at radius 3 is 2.96 bits per heavy atom. The van der Waals surface area contributed by atoms with Gasteiger partial charge in [0.15, 0.2) is 5.11 Å². The number of hydrogen-bond acceptors (Lipinski definition) is 4. The molecular weight excluding hydrogens is 334 g/mol. The zero-order valence-electron chi connectivity index (χ0n) is 15.0. The molecule has 0 spiro atoms. The first-order valence-electron chi connectivity index (χ1n) is 9.08. The number of carbonyl (C=O) groups excluding carboxylic acids is 1. The molecule has 4 rings (SSSR count). The maximum absolute atomic E-state index is 11.6. The number of benzene rings is 1.